The molecule has 5 nitrogen and oxygen atoms in total. The first-order valence-electron chi connectivity index (χ1n) is 8.17. The van der Waals surface area contributed by atoms with Gasteiger partial charge in [0, 0.05) is 18.5 Å². The Morgan fingerprint density at radius 3 is 2.57 bits per heavy atom. The number of benzene rings is 1. The lowest BCUT2D eigenvalue weighted by Crippen LogP contribution is -2.28. The average molecular weight is 314 g/mol. The van der Waals surface area contributed by atoms with Crippen LogP contribution in [-0.2, 0) is 0 Å². The van der Waals surface area contributed by atoms with E-state index >= 15 is 0 Å². The molecule has 1 atom stereocenters. The molecule has 23 heavy (non-hydrogen) atoms. The Bertz CT molecular complexity index is 600. The number of nitrogens with zero attached hydrogens (tertiary/aromatic N) is 2. The summed E-state index contributed by atoms with van der Waals surface area (Å²) < 4.78 is 11.3. The molecule has 1 aliphatic carbocycles. The maximum absolute atomic E-state index is 10.3. The van der Waals surface area contributed by atoms with Crippen LogP contribution in [0.5, 0.6) is 17.5 Å². The second kappa shape index (κ2) is 7.92. The van der Waals surface area contributed by atoms with E-state index in [4.69, 9.17) is 9.47 Å². The molecule has 1 aromatic carbocycles. The predicted molar refractivity (Wildman–Crippen MR) is 86.6 cm³/mol. The first kappa shape index (κ1) is 15.7. The van der Waals surface area contributed by atoms with Gasteiger partial charge in [0.15, 0.2) is 0 Å². The van der Waals surface area contributed by atoms with Crippen molar-refractivity contribution in [2.75, 3.05) is 6.61 Å². The Morgan fingerprint density at radius 2 is 1.78 bits per heavy atom. The summed E-state index contributed by atoms with van der Waals surface area (Å²) in [5.74, 6) is 1.65. The Hall–Kier alpha value is -2.14. The molecule has 0 radical (unpaired) electrons. The van der Waals surface area contributed by atoms with E-state index in [-0.39, 0.29) is 0 Å². The van der Waals surface area contributed by atoms with Gasteiger partial charge in [-0.3, -0.25) is 0 Å². The second-order valence-corrected chi connectivity index (χ2v) is 5.88. The normalized spacial score (nSPS) is 16.7. The summed E-state index contributed by atoms with van der Waals surface area (Å²) in [6.45, 7) is 0.315. The van der Waals surface area contributed by atoms with Crippen LogP contribution < -0.4 is 9.47 Å². The van der Waals surface area contributed by atoms with E-state index in [2.05, 4.69) is 9.97 Å². The van der Waals surface area contributed by atoms with Gasteiger partial charge >= 0.3 is 6.01 Å². The van der Waals surface area contributed by atoms with Crippen molar-refractivity contribution in [1.82, 2.24) is 9.97 Å². The molecule has 0 aliphatic heterocycles. The van der Waals surface area contributed by atoms with Crippen molar-refractivity contribution in [3.63, 3.8) is 0 Å². The highest BCUT2D eigenvalue weighted by molar-refractivity contribution is 5.34. The average Bonchev–Trinajstić information content (AvgIpc) is 2.62. The molecule has 0 amide bonds. The van der Waals surface area contributed by atoms with E-state index in [1.165, 1.54) is 19.3 Å². The zero-order chi connectivity index (χ0) is 15.9. The van der Waals surface area contributed by atoms with E-state index in [9.17, 15) is 5.11 Å². The van der Waals surface area contributed by atoms with Gasteiger partial charge < -0.3 is 14.6 Å². The fraction of sp³-hybridized carbons (Fsp3) is 0.444. The number of aliphatic hydroxyl groups excluding tert-OH is 1. The number of rotatable bonds is 6. The molecule has 1 saturated carbocycles. The van der Waals surface area contributed by atoms with Gasteiger partial charge in [-0.1, -0.05) is 25.3 Å². The monoisotopic (exact) mass is 314 g/mol. The third-order valence-electron chi connectivity index (χ3n) is 4.17. The SMILES string of the molecule is OC(COc1cccc(Oc2ncccn2)c1)C1CCCCC1. The Labute approximate surface area is 136 Å². The summed E-state index contributed by atoms with van der Waals surface area (Å²) in [4.78, 5) is 8.05. The van der Waals surface area contributed by atoms with E-state index in [1.54, 1.807) is 24.5 Å². The minimum Gasteiger partial charge on any atom is -0.491 e. The van der Waals surface area contributed by atoms with E-state index in [0.717, 1.165) is 12.8 Å². The highest BCUT2D eigenvalue weighted by atomic mass is 16.5. The summed E-state index contributed by atoms with van der Waals surface area (Å²) in [5, 5.41) is 10.3. The second-order valence-electron chi connectivity index (χ2n) is 5.88. The predicted octanol–water partition coefficient (Wildman–Crippen LogP) is 3.59. The summed E-state index contributed by atoms with van der Waals surface area (Å²) in [6.07, 6.45) is 8.75. The lowest BCUT2D eigenvalue weighted by molar-refractivity contribution is 0.0413. The molecule has 122 valence electrons. The van der Waals surface area contributed by atoms with Gasteiger partial charge in [0.25, 0.3) is 0 Å². The first-order valence-corrected chi connectivity index (χ1v) is 8.17. The van der Waals surface area contributed by atoms with Gasteiger partial charge in [-0.2, -0.15) is 0 Å². The van der Waals surface area contributed by atoms with Crippen molar-refractivity contribution in [3.8, 4) is 17.5 Å². The summed E-state index contributed by atoms with van der Waals surface area (Å²) in [5.41, 5.74) is 0. The van der Waals surface area contributed by atoms with Crippen LogP contribution >= 0.6 is 0 Å². The van der Waals surface area contributed by atoms with Gasteiger partial charge in [0.2, 0.25) is 0 Å². The third kappa shape index (κ3) is 4.66. The minimum absolute atomic E-state index is 0.298. The van der Waals surface area contributed by atoms with Crippen molar-refractivity contribution in [3.05, 3.63) is 42.7 Å². The molecule has 1 unspecified atom stereocenters. The van der Waals surface area contributed by atoms with E-state index < -0.39 is 6.10 Å². The minimum atomic E-state index is -0.405. The maximum atomic E-state index is 10.3. The lowest BCUT2D eigenvalue weighted by Gasteiger charge is -2.26. The molecule has 1 N–H and O–H groups in total. The van der Waals surface area contributed by atoms with Crippen molar-refractivity contribution < 1.29 is 14.6 Å². The number of hydrogen-bond acceptors (Lipinski definition) is 5. The molecule has 1 aromatic heterocycles. The molecule has 1 fully saturated rings. The highest BCUT2D eigenvalue weighted by Crippen LogP contribution is 2.27. The van der Waals surface area contributed by atoms with Crippen molar-refractivity contribution in [1.29, 1.82) is 0 Å². The third-order valence-corrected chi connectivity index (χ3v) is 4.17. The molecule has 3 rings (SSSR count). The Morgan fingerprint density at radius 1 is 1.04 bits per heavy atom. The first-order chi connectivity index (χ1) is 11.3. The van der Waals surface area contributed by atoms with Gasteiger partial charge in [-0.15, -0.1) is 0 Å². The molecule has 0 bridgehead atoms. The van der Waals surface area contributed by atoms with Crippen LogP contribution in [0.3, 0.4) is 0 Å². The van der Waals surface area contributed by atoms with Crippen LogP contribution in [0.2, 0.25) is 0 Å². The Balaban J connectivity index is 1.55. The van der Waals surface area contributed by atoms with Gasteiger partial charge in [-0.05, 0) is 37.0 Å². The summed E-state index contributed by atoms with van der Waals surface area (Å²) in [6, 6.07) is 9.34. The number of aromatic nitrogens is 2. The van der Waals surface area contributed by atoms with Gasteiger partial charge in [0.05, 0.1) is 6.10 Å². The molecule has 0 spiro atoms. The lowest BCUT2D eigenvalue weighted by atomic mass is 9.85. The van der Waals surface area contributed by atoms with Crippen LogP contribution in [0.4, 0.5) is 0 Å². The topological polar surface area (TPSA) is 64.5 Å². The highest BCUT2D eigenvalue weighted by Gasteiger charge is 2.22. The summed E-state index contributed by atoms with van der Waals surface area (Å²) >= 11 is 0. The number of ether oxygens (including phenoxy) is 2. The quantitative estimate of drug-likeness (QED) is 0.882. The van der Waals surface area contributed by atoms with Crippen LogP contribution in [0.25, 0.3) is 0 Å². The van der Waals surface area contributed by atoms with E-state index in [0.29, 0.717) is 30.0 Å². The van der Waals surface area contributed by atoms with Crippen molar-refractivity contribution >= 4 is 0 Å². The summed E-state index contributed by atoms with van der Waals surface area (Å²) in [7, 11) is 0. The standard InChI is InChI=1S/C18H22N2O3/c21-17(14-6-2-1-3-7-14)13-22-15-8-4-9-16(12-15)23-18-19-10-5-11-20-18/h4-5,8-12,14,17,21H,1-3,6-7,13H2. The van der Waals surface area contributed by atoms with Crippen LogP contribution in [0.15, 0.2) is 42.7 Å². The molecule has 1 heterocycles. The van der Waals surface area contributed by atoms with Crippen molar-refractivity contribution in [2.45, 2.75) is 38.2 Å². The van der Waals surface area contributed by atoms with Crippen LogP contribution in [0.1, 0.15) is 32.1 Å². The van der Waals surface area contributed by atoms with Gasteiger partial charge in [0.1, 0.15) is 18.1 Å². The molecule has 0 saturated heterocycles. The molecular weight excluding hydrogens is 292 g/mol. The fourth-order valence-corrected chi connectivity index (χ4v) is 2.91. The molecule has 5 heteroatoms. The molecule has 2 aromatic rings. The zero-order valence-corrected chi connectivity index (χ0v) is 13.1. The van der Waals surface area contributed by atoms with E-state index in [1.807, 2.05) is 18.2 Å². The maximum Gasteiger partial charge on any atom is 0.321 e. The largest absolute Gasteiger partial charge is 0.491 e. The fourth-order valence-electron chi connectivity index (χ4n) is 2.91. The zero-order valence-electron chi connectivity index (χ0n) is 13.1. The smallest absolute Gasteiger partial charge is 0.321 e. The van der Waals surface area contributed by atoms with Crippen molar-refractivity contribution in [2.24, 2.45) is 5.92 Å². The number of aliphatic hydroxyl groups is 1. The van der Waals surface area contributed by atoms with Gasteiger partial charge in [-0.25, -0.2) is 9.97 Å². The molecule has 1 aliphatic rings. The van der Waals surface area contributed by atoms with Crippen LogP contribution in [-0.4, -0.2) is 27.8 Å². The van der Waals surface area contributed by atoms with Crippen LogP contribution in [0, 0.1) is 5.92 Å². The molecular formula is C18H22N2O3. The Kier molecular flexibility index (Phi) is 5.42. The number of hydrogen-bond donors (Lipinski definition) is 1.